The Morgan fingerprint density at radius 1 is 1.33 bits per heavy atom. The van der Waals surface area contributed by atoms with E-state index in [0.29, 0.717) is 0 Å². The molecule has 2 rings (SSSR count). The Labute approximate surface area is 126 Å². The van der Waals surface area contributed by atoms with E-state index in [-0.39, 0.29) is 5.56 Å². The van der Waals surface area contributed by atoms with Crippen LogP contribution < -0.4 is 16.2 Å². The van der Waals surface area contributed by atoms with Gasteiger partial charge in [-0.25, -0.2) is 0 Å². The minimum Gasteiger partial charge on any atom is -0.356 e. The smallest absolute Gasteiger partial charge is 0.250 e. The molecule has 1 aromatic rings. The van der Waals surface area contributed by atoms with E-state index in [4.69, 9.17) is 0 Å². The molecule has 1 fully saturated rings. The number of aryl methyl sites for hydroxylation is 1. The number of hydrogen-bond acceptors (Lipinski definition) is 2. The maximum Gasteiger partial charge on any atom is 0.250 e. The molecule has 0 bridgehead atoms. The van der Waals surface area contributed by atoms with Crippen LogP contribution in [0, 0.1) is 12.8 Å². The van der Waals surface area contributed by atoms with Crippen molar-refractivity contribution in [1.82, 2.24) is 15.2 Å². The molecule has 1 aliphatic carbocycles. The summed E-state index contributed by atoms with van der Waals surface area (Å²) in [4.78, 5) is 15.9. The quantitative estimate of drug-likeness (QED) is 0.455. The Morgan fingerprint density at radius 3 is 2.81 bits per heavy atom. The standard InChI is InChI=1S/C16H26N4O/c1-13-6-5-7-15(21)20(13)11-4-3-10-18-16(17-2)19-12-14-8-9-14/h5-7,14H,3-4,8-12H2,1-2H3,(H2,17,18,19). The lowest BCUT2D eigenvalue weighted by molar-refractivity contribution is 0.574. The van der Waals surface area contributed by atoms with E-state index in [1.54, 1.807) is 13.1 Å². The number of nitrogens with zero attached hydrogens (tertiary/aromatic N) is 2. The van der Waals surface area contributed by atoms with Crippen molar-refractivity contribution < 1.29 is 0 Å². The molecule has 0 radical (unpaired) electrons. The Hall–Kier alpha value is -1.78. The summed E-state index contributed by atoms with van der Waals surface area (Å²) in [7, 11) is 1.80. The molecule has 0 aliphatic heterocycles. The molecule has 5 nitrogen and oxygen atoms in total. The summed E-state index contributed by atoms with van der Waals surface area (Å²) in [5.74, 6) is 1.73. The zero-order chi connectivity index (χ0) is 15.1. The normalized spacial score (nSPS) is 15.0. The summed E-state index contributed by atoms with van der Waals surface area (Å²) in [6.45, 7) is 4.66. The number of hydrogen-bond donors (Lipinski definition) is 2. The highest BCUT2D eigenvalue weighted by molar-refractivity contribution is 5.79. The van der Waals surface area contributed by atoms with Crippen molar-refractivity contribution in [3.63, 3.8) is 0 Å². The molecule has 5 heteroatoms. The zero-order valence-electron chi connectivity index (χ0n) is 13.1. The Balaban J connectivity index is 1.63. The van der Waals surface area contributed by atoms with E-state index in [2.05, 4.69) is 15.6 Å². The number of nitrogens with one attached hydrogen (secondary N) is 2. The summed E-state index contributed by atoms with van der Waals surface area (Å²) < 4.78 is 1.83. The van der Waals surface area contributed by atoms with Gasteiger partial charge in [-0.1, -0.05) is 6.07 Å². The molecule has 0 unspecified atom stereocenters. The van der Waals surface area contributed by atoms with E-state index in [1.807, 2.05) is 23.6 Å². The van der Waals surface area contributed by atoms with Gasteiger partial charge in [0.2, 0.25) is 0 Å². The molecule has 0 spiro atoms. The van der Waals surface area contributed by atoms with Crippen molar-refractivity contribution in [2.24, 2.45) is 10.9 Å². The van der Waals surface area contributed by atoms with Crippen LogP contribution in [0.2, 0.25) is 0 Å². The third kappa shape index (κ3) is 5.25. The van der Waals surface area contributed by atoms with Crippen molar-refractivity contribution in [3.05, 3.63) is 34.2 Å². The molecule has 1 saturated carbocycles. The van der Waals surface area contributed by atoms with Crippen LogP contribution in [-0.2, 0) is 6.54 Å². The van der Waals surface area contributed by atoms with Crippen LogP contribution in [0.15, 0.2) is 28.0 Å². The first-order valence-electron chi connectivity index (χ1n) is 7.81. The number of guanidine groups is 1. The summed E-state index contributed by atoms with van der Waals surface area (Å²) >= 11 is 0. The van der Waals surface area contributed by atoms with Crippen LogP contribution in [0.1, 0.15) is 31.4 Å². The van der Waals surface area contributed by atoms with Crippen molar-refractivity contribution in [1.29, 1.82) is 0 Å². The molecule has 0 amide bonds. The molecule has 0 saturated heterocycles. The molecule has 1 aromatic heterocycles. The first-order chi connectivity index (χ1) is 10.2. The van der Waals surface area contributed by atoms with Gasteiger partial charge < -0.3 is 15.2 Å². The summed E-state index contributed by atoms with van der Waals surface area (Å²) in [5.41, 5.74) is 1.11. The average molecular weight is 290 g/mol. The van der Waals surface area contributed by atoms with Gasteiger partial charge in [0.25, 0.3) is 5.56 Å². The fourth-order valence-electron chi connectivity index (χ4n) is 2.30. The second-order valence-corrected chi connectivity index (χ2v) is 5.69. The van der Waals surface area contributed by atoms with Gasteiger partial charge in [0.1, 0.15) is 0 Å². The second kappa shape index (κ2) is 7.86. The molecule has 2 N–H and O–H groups in total. The van der Waals surface area contributed by atoms with Gasteiger partial charge in [-0.15, -0.1) is 0 Å². The van der Waals surface area contributed by atoms with Crippen LogP contribution >= 0.6 is 0 Å². The number of aromatic nitrogens is 1. The Bertz CT molecular complexity index is 531. The zero-order valence-corrected chi connectivity index (χ0v) is 13.1. The van der Waals surface area contributed by atoms with E-state index in [0.717, 1.165) is 50.0 Å². The minimum absolute atomic E-state index is 0.0878. The summed E-state index contributed by atoms with van der Waals surface area (Å²) in [6, 6.07) is 5.41. The number of rotatable bonds is 7. The first-order valence-corrected chi connectivity index (χ1v) is 7.81. The predicted molar refractivity (Wildman–Crippen MR) is 86.8 cm³/mol. The van der Waals surface area contributed by atoms with E-state index >= 15 is 0 Å². The van der Waals surface area contributed by atoms with Crippen LogP contribution in [0.3, 0.4) is 0 Å². The number of aliphatic imine (C=N–C) groups is 1. The van der Waals surface area contributed by atoms with Crippen LogP contribution in [0.25, 0.3) is 0 Å². The van der Waals surface area contributed by atoms with Crippen molar-refractivity contribution >= 4 is 5.96 Å². The molecule has 0 aromatic carbocycles. The fourth-order valence-corrected chi connectivity index (χ4v) is 2.30. The SMILES string of the molecule is CN=C(NCCCCn1c(C)cccc1=O)NCC1CC1. The molecule has 1 aliphatic rings. The number of pyridine rings is 1. The topological polar surface area (TPSA) is 58.4 Å². The highest BCUT2D eigenvalue weighted by atomic mass is 16.1. The van der Waals surface area contributed by atoms with E-state index < -0.39 is 0 Å². The lowest BCUT2D eigenvalue weighted by Gasteiger charge is -2.12. The lowest BCUT2D eigenvalue weighted by Crippen LogP contribution is -2.38. The van der Waals surface area contributed by atoms with Gasteiger partial charge in [0.15, 0.2) is 5.96 Å². The lowest BCUT2D eigenvalue weighted by atomic mass is 10.3. The molecular formula is C16H26N4O. The monoisotopic (exact) mass is 290 g/mol. The summed E-state index contributed by atoms with van der Waals surface area (Å²) in [6.07, 6.45) is 4.69. The maximum atomic E-state index is 11.7. The van der Waals surface area contributed by atoms with Crippen molar-refractivity contribution in [2.45, 2.75) is 39.2 Å². The summed E-state index contributed by atoms with van der Waals surface area (Å²) in [5, 5.41) is 6.66. The highest BCUT2D eigenvalue weighted by Crippen LogP contribution is 2.27. The van der Waals surface area contributed by atoms with Crippen LogP contribution in [-0.4, -0.2) is 30.7 Å². The maximum absolute atomic E-state index is 11.7. The van der Waals surface area contributed by atoms with Crippen molar-refractivity contribution in [3.8, 4) is 0 Å². The highest BCUT2D eigenvalue weighted by Gasteiger charge is 2.20. The molecule has 0 atom stereocenters. The molecule has 1 heterocycles. The van der Waals surface area contributed by atoms with Gasteiger partial charge in [-0.3, -0.25) is 9.79 Å². The fraction of sp³-hybridized carbons (Fsp3) is 0.625. The largest absolute Gasteiger partial charge is 0.356 e. The van der Waals surface area contributed by atoms with Gasteiger partial charge in [0.05, 0.1) is 0 Å². The Kier molecular flexibility index (Phi) is 5.84. The molecule has 116 valence electrons. The third-order valence-electron chi connectivity index (χ3n) is 3.85. The molecule has 21 heavy (non-hydrogen) atoms. The second-order valence-electron chi connectivity index (χ2n) is 5.69. The first kappa shape index (κ1) is 15.6. The minimum atomic E-state index is 0.0878. The Morgan fingerprint density at radius 2 is 2.14 bits per heavy atom. The number of unbranched alkanes of at least 4 members (excludes halogenated alkanes) is 1. The van der Waals surface area contributed by atoms with E-state index in [9.17, 15) is 4.79 Å². The van der Waals surface area contributed by atoms with Crippen LogP contribution in [0.4, 0.5) is 0 Å². The predicted octanol–water partition coefficient (Wildman–Crippen LogP) is 1.51. The molecular weight excluding hydrogens is 264 g/mol. The third-order valence-corrected chi connectivity index (χ3v) is 3.85. The van der Waals surface area contributed by atoms with Gasteiger partial charge in [0, 0.05) is 38.4 Å². The van der Waals surface area contributed by atoms with Crippen molar-refractivity contribution in [2.75, 3.05) is 20.1 Å². The van der Waals surface area contributed by atoms with Gasteiger partial charge in [-0.05, 0) is 44.6 Å². The average Bonchev–Trinajstić information content (AvgIpc) is 3.28. The van der Waals surface area contributed by atoms with E-state index in [1.165, 1.54) is 12.8 Å². The van der Waals surface area contributed by atoms with Crippen LogP contribution in [0.5, 0.6) is 0 Å². The van der Waals surface area contributed by atoms with Gasteiger partial charge in [-0.2, -0.15) is 0 Å². The van der Waals surface area contributed by atoms with Gasteiger partial charge >= 0.3 is 0 Å².